The number of carbonyl (C=O) groups excluding carboxylic acids is 1. The number of aliphatic imine (C=N–C) groups is 1. The molecule has 1 unspecified atom stereocenters. The topological polar surface area (TPSA) is 80.5 Å². The van der Waals surface area contributed by atoms with Crippen LogP contribution in [0.4, 0.5) is 0 Å². The summed E-state index contributed by atoms with van der Waals surface area (Å²) in [5.74, 6) is 0.438. The van der Waals surface area contributed by atoms with E-state index in [1.165, 1.54) is 18.4 Å². The predicted molar refractivity (Wildman–Crippen MR) is 102 cm³/mol. The van der Waals surface area contributed by atoms with Gasteiger partial charge in [-0.15, -0.1) is 24.0 Å². The third-order valence-electron chi connectivity index (χ3n) is 3.63. The maximum absolute atomic E-state index is 11.1. The van der Waals surface area contributed by atoms with Gasteiger partial charge in [0.15, 0.2) is 5.96 Å². The van der Waals surface area contributed by atoms with E-state index < -0.39 is 0 Å². The monoisotopic (exact) mass is 437 g/mol. The Morgan fingerprint density at radius 1 is 1.43 bits per heavy atom. The normalized spacial score (nSPS) is 12.3. The number of rotatable bonds is 6. The van der Waals surface area contributed by atoms with Gasteiger partial charge < -0.3 is 15.4 Å². The van der Waals surface area contributed by atoms with Gasteiger partial charge in [-0.1, -0.05) is 0 Å². The van der Waals surface area contributed by atoms with Crippen molar-refractivity contribution in [2.45, 2.75) is 39.7 Å². The Morgan fingerprint density at radius 3 is 2.57 bits per heavy atom. The molecule has 0 saturated carbocycles. The van der Waals surface area contributed by atoms with Crippen molar-refractivity contribution in [1.29, 1.82) is 0 Å². The van der Waals surface area contributed by atoms with Gasteiger partial charge in [0, 0.05) is 32.4 Å². The largest absolute Gasteiger partial charge is 0.469 e. The number of halogens is 1. The van der Waals surface area contributed by atoms with E-state index in [1.807, 2.05) is 18.7 Å². The van der Waals surface area contributed by atoms with Gasteiger partial charge in [0.1, 0.15) is 0 Å². The Bertz CT molecular complexity index is 542. The standard InChI is InChI=1S/C15H27N5O2.HI/c1-10(9-13-11(2)19-20(5)12(13)3)18-15(16-4)17-8-7-14(21)22-6;/h10H,7-9H2,1-6H3,(H2,16,17,18);1H. The Balaban J connectivity index is 0.00000484. The van der Waals surface area contributed by atoms with Gasteiger partial charge in [0.2, 0.25) is 0 Å². The van der Waals surface area contributed by atoms with Gasteiger partial charge in [-0.2, -0.15) is 5.10 Å². The Kier molecular flexibility index (Phi) is 9.85. The van der Waals surface area contributed by atoms with Crippen LogP contribution in [0.15, 0.2) is 4.99 Å². The average Bonchev–Trinajstić information content (AvgIpc) is 2.72. The van der Waals surface area contributed by atoms with Crippen LogP contribution < -0.4 is 10.6 Å². The van der Waals surface area contributed by atoms with Crippen LogP contribution in [-0.2, 0) is 23.0 Å². The van der Waals surface area contributed by atoms with E-state index in [0.717, 1.165) is 12.1 Å². The summed E-state index contributed by atoms with van der Waals surface area (Å²) < 4.78 is 6.51. The first-order valence-corrected chi connectivity index (χ1v) is 7.42. The molecule has 0 saturated heterocycles. The molecule has 0 amide bonds. The molecule has 0 aliphatic rings. The van der Waals surface area contributed by atoms with Gasteiger partial charge in [-0.25, -0.2) is 0 Å². The molecule has 1 aromatic heterocycles. The number of guanidine groups is 1. The zero-order valence-corrected chi connectivity index (χ0v) is 17.1. The summed E-state index contributed by atoms with van der Waals surface area (Å²) in [7, 11) is 5.05. The number of hydrogen-bond donors (Lipinski definition) is 2. The van der Waals surface area contributed by atoms with Crippen molar-refractivity contribution in [3.05, 3.63) is 17.0 Å². The summed E-state index contributed by atoms with van der Waals surface area (Å²) in [6, 6.07) is 0.200. The molecule has 0 spiro atoms. The van der Waals surface area contributed by atoms with Crippen LogP contribution in [0.2, 0.25) is 0 Å². The second-order valence-electron chi connectivity index (χ2n) is 5.35. The van der Waals surface area contributed by atoms with Crippen molar-refractivity contribution >= 4 is 35.9 Å². The molecular formula is C15H28IN5O2. The van der Waals surface area contributed by atoms with Crippen LogP contribution in [0.3, 0.4) is 0 Å². The third-order valence-corrected chi connectivity index (χ3v) is 3.63. The van der Waals surface area contributed by atoms with E-state index in [1.54, 1.807) is 7.05 Å². The number of carbonyl (C=O) groups is 1. The Hall–Kier alpha value is -1.32. The number of methoxy groups -OCH3 is 1. The highest BCUT2D eigenvalue weighted by Crippen LogP contribution is 2.13. The molecule has 0 bridgehead atoms. The van der Waals surface area contributed by atoms with Crippen LogP contribution in [0.5, 0.6) is 0 Å². The molecule has 1 atom stereocenters. The summed E-state index contributed by atoms with van der Waals surface area (Å²) >= 11 is 0. The summed E-state index contributed by atoms with van der Waals surface area (Å²) in [4.78, 5) is 15.3. The number of hydrogen-bond acceptors (Lipinski definition) is 4. The minimum atomic E-state index is -0.238. The van der Waals surface area contributed by atoms with Crippen molar-refractivity contribution in [2.75, 3.05) is 20.7 Å². The molecular weight excluding hydrogens is 409 g/mol. The molecule has 0 aromatic carbocycles. The van der Waals surface area contributed by atoms with Crippen molar-refractivity contribution < 1.29 is 9.53 Å². The molecule has 1 aromatic rings. The van der Waals surface area contributed by atoms with E-state index in [2.05, 4.69) is 39.3 Å². The second kappa shape index (κ2) is 10.5. The van der Waals surface area contributed by atoms with Gasteiger partial charge in [-0.05, 0) is 32.8 Å². The quantitative estimate of drug-likeness (QED) is 0.304. The average molecular weight is 437 g/mol. The van der Waals surface area contributed by atoms with Gasteiger partial charge in [-0.3, -0.25) is 14.5 Å². The van der Waals surface area contributed by atoms with Crippen LogP contribution >= 0.6 is 24.0 Å². The first kappa shape index (κ1) is 21.7. The van der Waals surface area contributed by atoms with E-state index in [4.69, 9.17) is 0 Å². The molecule has 1 rings (SSSR count). The van der Waals surface area contributed by atoms with Gasteiger partial charge in [0.25, 0.3) is 0 Å². The first-order valence-electron chi connectivity index (χ1n) is 7.42. The number of nitrogens with one attached hydrogen (secondary N) is 2. The Morgan fingerprint density at radius 2 is 2.09 bits per heavy atom. The van der Waals surface area contributed by atoms with Crippen molar-refractivity contribution in [3.63, 3.8) is 0 Å². The maximum Gasteiger partial charge on any atom is 0.307 e. The summed E-state index contributed by atoms with van der Waals surface area (Å²) in [6.07, 6.45) is 1.18. The minimum absolute atomic E-state index is 0. The highest BCUT2D eigenvalue weighted by molar-refractivity contribution is 14.0. The van der Waals surface area contributed by atoms with E-state index >= 15 is 0 Å². The molecule has 7 nitrogen and oxygen atoms in total. The lowest BCUT2D eigenvalue weighted by Crippen LogP contribution is -2.43. The molecule has 0 aliphatic carbocycles. The number of aryl methyl sites for hydroxylation is 2. The van der Waals surface area contributed by atoms with E-state index in [0.29, 0.717) is 18.9 Å². The highest BCUT2D eigenvalue weighted by Gasteiger charge is 2.14. The second-order valence-corrected chi connectivity index (χ2v) is 5.35. The molecule has 8 heteroatoms. The fourth-order valence-electron chi connectivity index (χ4n) is 2.28. The predicted octanol–water partition coefficient (Wildman–Crippen LogP) is 1.31. The first-order chi connectivity index (χ1) is 10.4. The fourth-order valence-corrected chi connectivity index (χ4v) is 2.28. The molecule has 0 fully saturated rings. The van der Waals surface area contributed by atoms with Crippen molar-refractivity contribution in [3.8, 4) is 0 Å². The lowest BCUT2D eigenvalue weighted by Gasteiger charge is -2.18. The molecule has 0 aliphatic heterocycles. The van der Waals surface area contributed by atoms with Gasteiger partial charge >= 0.3 is 5.97 Å². The molecule has 2 N–H and O–H groups in total. The van der Waals surface area contributed by atoms with Gasteiger partial charge in [0.05, 0.1) is 19.2 Å². The number of ether oxygens (including phenoxy) is 1. The number of nitrogens with zero attached hydrogens (tertiary/aromatic N) is 3. The van der Waals surface area contributed by atoms with E-state index in [9.17, 15) is 4.79 Å². The van der Waals surface area contributed by atoms with E-state index in [-0.39, 0.29) is 36.0 Å². The van der Waals surface area contributed by atoms with Crippen LogP contribution in [-0.4, -0.2) is 48.5 Å². The summed E-state index contributed by atoms with van der Waals surface area (Å²) in [5.41, 5.74) is 3.49. The Labute approximate surface area is 155 Å². The number of esters is 1. The third kappa shape index (κ3) is 6.76. The molecule has 1 heterocycles. The molecule has 0 radical (unpaired) electrons. The van der Waals surface area contributed by atoms with Crippen molar-refractivity contribution in [1.82, 2.24) is 20.4 Å². The summed E-state index contributed by atoms with van der Waals surface area (Å²) in [5, 5.41) is 10.9. The van der Waals surface area contributed by atoms with Crippen LogP contribution in [0.25, 0.3) is 0 Å². The number of aromatic nitrogens is 2. The minimum Gasteiger partial charge on any atom is -0.469 e. The highest BCUT2D eigenvalue weighted by atomic mass is 127. The van der Waals surface area contributed by atoms with Crippen LogP contribution in [0.1, 0.15) is 30.3 Å². The van der Waals surface area contributed by atoms with Crippen LogP contribution in [0, 0.1) is 13.8 Å². The maximum atomic E-state index is 11.1. The lowest BCUT2D eigenvalue weighted by atomic mass is 10.1. The van der Waals surface area contributed by atoms with Crippen molar-refractivity contribution in [2.24, 2.45) is 12.0 Å². The SMILES string of the molecule is CN=C(NCCC(=O)OC)NC(C)Cc1c(C)nn(C)c1C.I. The smallest absolute Gasteiger partial charge is 0.307 e. The molecule has 132 valence electrons. The summed E-state index contributed by atoms with van der Waals surface area (Å²) in [6.45, 7) is 6.69. The molecule has 23 heavy (non-hydrogen) atoms. The fraction of sp³-hybridized carbons (Fsp3) is 0.667. The zero-order valence-electron chi connectivity index (χ0n) is 14.8. The zero-order chi connectivity index (χ0) is 16.7. The lowest BCUT2D eigenvalue weighted by molar-refractivity contribution is -0.140.